The number of carbonyl (C=O) groups excluding carboxylic acids is 2. The first-order valence-electron chi connectivity index (χ1n) is 7.01. The Hall–Kier alpha value is -1.14. The van der Waals surface area contributed by atoms with Gasteiger partial charge in [0.25, 0.3) is 0 Å². The lowest BCUT2D eigenvalue weighted by Gasteiger charge is -2.15. The van der Waals surface area contributed by atoms with Gasteiger partial charge in [0.2, 0.25) is 0 Å². The van der Waals surface area contributed by atoms with Crippen molar-refractivity contribution in [1.29, 1.82) is 0 Å². The van der Waals surface area contributed by atoms with Gasteiger partial charge in [-0.05, 0) is 12.8 Å². The highest BCUT2D eigenvalue weighted by Gasteiger charge is 2.19. The van der Waals surface area contributed by atoms with Gasteiger partial charge in [0, 0.05) is 12.6 Å². The Morgan fingerprint density at radius 2 is 1.74 bits per heavy atom. The van der Waals surface area contributed by atoms with Crippen molar-refractivity contribution >= 4 is 11.8 Å². The normalized spacial score (nSPS) is 16.7. The van der Waals surface area contributed by atoms with Gasteiger partial charge in [-0.3, -0.25) is 9.59 Å². The van der Waals surface area contributed by atoms with E-state index in [0.29, 0.717) is 6.61 Å². The van der Waals surface area contributed by atoms with Crippen molar-refractivity contribution in [2.24, 2.45) is 0 Å². The van der Waals surface area contributed by atoms with Crippen molar-refractivity contribution in [3.8, 4) is 0 Å². The quantitative estimate of drug-likeness (QED) is 0.359. The van der Waals surface area contributed by atoms with Gasteiger partial charge in [0.1, 0.15) is 0 Å². The van der Waals surface area contributed by atoms with Crippen LogP contribution >= 0.6 is 0 Å². The van der Waals surface area contributed by atoms with Crippen LogP contribution in [0.2, 0.25) is 0 Å². The Morgan fingerprint density at radius 1 is 1.05 bits per heavy atom. The molecule has 6 nitrogen and oxygen atoms in total. The van der Waals surface area contributed by atoms with Crippen LogP contribution in [0.25, 0.3) is 0 Å². The number of amides is 2. The van der Waals surface area contributed by atoms with Crippen molar-refractivity contribution in [2.75, 3.05) is 26.4 Å². The number of ether oxygens (including phenoxy) is 1. The van der Waals surface area contributed by atoms with Gasteiger partial charge in [-0.2, -0.15) is 0 Å². The summed E-state index contributed by atoms with van der Waals surface area (Å²) in [5.74, 6) is -1.18. The van der Waals surface area contributed by atoms with Crippen LogP contribution in [0.15, 0.2) is 0 Å². The molecule has 0 heterocycles. The molecular weight excluding hydrogens is 248 g/mol. The fourth-order valence-electron chi connectivity index (χ4n) is 2.16. The fraction of sp³-hybridized carbons (Fsp3) is 0.846. The molecule has 0 bridgehead atoms. The van der Waals surface area contributed by atoms with E-state index in [1.807, 2.05) is 0 Å². The predicted octanol–water partition coefficient (Wildman–Crippen LogP) is -0.0495. The molecule has 110 valence electrons. The molecule has 1 aliphatic rings. The molecule has 19 heavy (non-hydrogen) atoms. The Bertz CT molecular complexity index is 276. The zero-order valence-electron chi connectivity index (χ0n) is 11.3. The SMILES string of the molecule is O=C(NCCOCCO)C(=O)NC1CCCCCC1. The number of rotatable bonds is 6. The molecular formula is C13H24N2O4. The van der Waals surface area contributed by atoms with Gasteiger partial charge < -0.3 is 20.5 Å². The van der Waals surface area contributed by atoms with Gasteiger partial charge in [-0.1, -0.05) is 25.7 Å². The molecule has 2 amide bonds. The Balaban J connectivity index is 2.14. The van der Waals surface area contributed by atoms with Crippen LogP contribution in [0.3, 0.4) is 0 Å². The zero-order chi connectivity index (χ0) is 13.9. The molecule has 1 aliphatic carbocycles. The molecule has 0 unspecified atom stereocenters. The summed E-state index contributed by atoms with van der Waals surface area (Å²) in [5, 5.41) is 13.8. The third-order valence-electron chi connectivity index (χ3n) is 3.16. The molecule has 0 aliphatic heterocycles. The number of nitrogens with one attached hydrogen (secondary N) is 2. The molecule has 0 spiro atoms. The third kappa shape index (κ3) is 7.12. The summed E-state index contributed by atoms with van der Waals surface area (Å²) in [4.78, 5) is 23.1. The van der Waals surface area contributed by atoms with Gasteiger partial charge in [-0.25, -0.2) is 0 Å². The summed E-state index contributed by atoms with van der Waals surface area (Å²) in [5.41, 5.74) is 0. The van der Waals surface area contributed by atoms with E-state index in [4.69, 9.17) is 9.84 Å². The van der Waals surface area contributed by atoms with Crippen LogP contribution in [0, 0.1) is 0 Å². The summed E-state index contributed by atoms with van der Waals surface area (Å²) in [6, 6.07) is 0.131. The lowest BCUT2D eigenvalue weighted by molar-refractivity contribution is -0.139. The average Bonchev–Trinajstić information content (AvgIpc) is 2.67. The average molecular weight is 272 g/mol. The van der Waals surface area contributed by atoms with E-state index in [0.717, 1.165) is 25.7 Å². The van der Waals surface area contributed by atoms with Gasteiger partial charge in [0.05, 0.1) is 19.8 Å². The van der Waals surface area contributed by atoms with E-state index < -0.39 is 11.8 Å². The molecule has 0 aromatic rings. The molecule has 1 saturated carbocycles. The zero-order valence-corrected chi connectivity index (χ0v) is 11.3. The van der Waals surface area contributed by atoms with E-state index in [2.05, 4.69) is 10.6 Å². The summed E-state index contributed by atoms with van der Waals surface area (Å²) in [6.07, 6.45) is 6.56. The number of hydrogen-bond acceptors (Lipinski definition) is 4. The second-order valence-electron chi connectivity index (χ2n) is 4.75. The Kier molecular flexibility index (Phi) is 8.16. The van der Waals surface area contributed by atoms with Crippen LogP contribution in [-0.4, -0.2) is 49.3 Å². The molecule has 1 rings (SSSR count). The standard InChI is InChI=1S/C13H24N2O4/c16-8-10-19-9-7-14-12(17)13(18)15-11-5-3-1-2-4-6-11/h11,16H,1-10H2,(H,14,17)(H,15,18). The molecule has 1 fully saturated rings. The first kappa shape index (κ1) is 15.9. The third-order valence-corrected chi connectivity index (χ3v) is 3.16. The number of aliphatic hydroxyl groups is 1. The maximum atomic E-state index is 11.6. The minimum Gasteiger partial charge on any atom is -0.394 e. The van der Waals surface area contributed by atoms with Crippen LogP contribution < -0.4 is 10.6 Å². The predicted molar refractivity (Wildman–Crippen MR) is 70.5 cm³/mol. The Labute approximate surface area is 113 Å². The maximum absolute atomic E-state index is 11.6. The number of carbonyl (C=O) groups is 2. The second-order valence-corrected chi connectivity index (χ2v) is 4.75. The maximum Gasteiger partial charge on any atom is 0.309 e. The molecule has 6 heteroatoms. The summed E-state index contributed by atoms with van der Waals surface area (Å²) in [7, 11) is 0. The largest absolute Gasteiger partial charge is 0.394 e. The molecule has 0 atom stereocenters. The van der Waals surface area contributed by atoms with Crippen molar-refractivity contribution in [2.45, 2.75) is 44.6 Å². The molecule has 0 radical (unpaired) electrons. The first-order valence-corrected chi connectivity index (χ1v) is 7.01. The minimum absolute atomic E-state index is 0.0455. The number of aliphatic hydroxyl groups excluding tert-OH is 1. The molecule has 0 aromatic heterocycles. The van der Waals surface area contributed by atoms with Crippen LogP contribution in [0.5, 0.6) is 0 Å². The minimum atomic E-state index is -0.614. The highest BCUT2D eigenvalue weighted by molar-refractivity contribution is 6.35. The highest BCUT2D eigenvalue weighted by atomic mass is 16.5. The summed E-state index contributed by atoms with van der Waals surface area (Å²) in [6.45, 7) is 0.764. The van der Waals surface area contributed by atoms with E-state index in [-0.39, 0.29) is 25.8 Å². The molecule has 0 saturated heterocycles. The molecule has 3 N–H and O–H groups in total. The number of hydrogen-bond donors (Lipinski definition) is 3. The van der Waals surface area contributed by atoms with Crippen LogP contribution in [-0.2, 0) is 14.3 Å². The van der Waals surface area contributed by atoms with E-state index in [1.54, 1.807) is 0 Å². The van der Waals surface area contributed by atoms with Crippen LogP contribution in [0.4, 0.5) is 0 Å². The van der Waals surface area contributed by atoms with E-state index >= 15 is 0 Å². The fourth-order valence-corrected chi connectivity index (χ4v) is 2.16. The summed E-state index contributed by atoms with van der Waals surface area (Å²) >= 11 is 0. The van der Waals surface area contributed by atoms with E-state index in [9.17, 15) is 9.59 Å². The second kappa shape index (κ2) is 9.75. The lowest BCUT2D eigenvalue weighted by Crippen LogP contribution is -2.45. The van der Waals surface area contributed by atoms with Gasteiger partial charge in [-0.15, -0.1) is 0 Å². The van der Waals surface area contributed by atoms with Crippen molar-refractivity contribution in [3.05, 3.63) is 0 Å². The van der Waals surface area contributed by atoms with Gasteiger partial charge >= 0.3 is 11.8 Å². The van der Waals surface area contributed by atoms with Crippen LogP contribution in [0.1, 0.15) is 38.5 Å². The van der Waals surface area contributed by atoms with Gasteiger partial charge in [0.15, 0.2) is 0 Å². The van der Waals surface area contributed by atoms with Crippen molar-refractivity contribution in [1.82, 2.24) is 10.6 Å². The monoisotopic (exact) mass is 272 g/mol. The lowest BCUT2D eigenvalue weighted by atomic mass is 10.1. The first-order chi connectivity index (χ1) is 9.24. The van der Waals surface area contributed by atoms with Crippen molar-refractivity contribution < 1.29 is 19.4 Å². The Morgan fingerprint density at radius 3 is 2.37 bits per heavy atom. The summed E-state index contributed by atoms with van der Waals surface area (Å²) < 4.78 is 4.98. The van der Waals surface area contributed by atoms with E-state index in [1.165, 1.54) is 12.8 Å². The highest BCUT2D eigenvalue weighted by Crippen LogP contribution is 2.16. The topological polar surface area (TPSA) is 87.7 Å². The van der Waals surface area contributed by atoms with Crippen molar-refractivity contribution in [3.63, 3.8) is 0 Å². The molecule has 0 aromatic carbocycles. The smallest absolute Gasteiger partial charge is 0.309 e.